The van der Waals surface area contributed by atoms with Crippen molar-refractivity contribution < 1.29 is 14.6 Å². The highest BCUT2D eigenvalue weighted by atomic mass is 16.5. The SMILES string of the molecule is CC1(C)CC[C@]2(C(=O)O)CC[C@]3(C)C(=CC[C@@H]4[C@@]5(C)CC[C@H]6OC[C@@]6(C)[C@@H]5CC[C@]43C)[C@H]2C1. The first-order valence-electron chi connectivity index (χ1n) is 13.9. The molecular formula is C30H46O3. The number of fused-ring (bicyclic) bond motifs is 9. The van der Waals surface area contributed by atoms with Gasteiger partial charge in [-0.15, -0.1) is 0 Å². The summed E-state index contributed by atoms with van der Waals surface area (Å²) in [5.74, 6) is 1.16. The van der Waals surface area contributed by atoms with E-state index >= 15 is 0 Å². The normalized spacial score (nSPS) is 56.6. The summed E-state index contributed by atoms with van der Waals surface area (Å²) in [5.41, 5.74) is 2.41. The topological polar surface area (TPSA) is 46.5 Å². The first-order chi connectivity index (χ1) is 15.3. The summed E-state index contributed by atoms with van der Waals surface area (Å²) in [6, 6.07) is 0. The summed E-state index contributed by atoms with van der Waals surface area (Å²) in [6.45, 7) is 16.0. The average molecular weight is 455 g/mol. The molecule has 184 valence electrons. The number of allylic oxidation sites excluding steroid dienone is 2. The summed E-state index contributed by atoms with van der Waals surface area (Å²) in [6.07, 6.45) is 14.2. The second-order valence-corrected chi connectivity index (χ2v) is 15.0. The number of carbonyl (C=O) groups is 1. The van der Waals surface area contributed by atoms with Gasteiger partial charge in [0.1, 0.15) is 0 Å². The minimum Gasteiger partial charge on any atom is -0.481 e. The Kier molecular flexibility index (Phi) is 4.44. The quantitative estimate of drug-likeness (QED) is 0.424. The van der Waals surface area contributed by atoms with Crippen LogP contribution >= 0.6 is 0 Å². The zero-order chi connectivity index (χ0) is 23.7. The molecular weight excluding hydrogens is 408 g/mol. The van der Waals surface area contributed by atoms with Gasteiger partial charge in [0.25, 0.3) is 0 Å². The third-order valence-corrected chi connectivity index (χ3v) is 13.4. The summed E-state index contributed by atoms with van der Waals surface area (Å²) in [7, 11) is 0. The summed E-state index contributed by atoms with van der Waals surface area (Å²) in [4.78, 5) is 12.8. The van der Waals surface area contributed by atoms with Crippen molar-refractivity contribution in [3.05, 3.63) is 11.6 Å². The molecule has 1 aliphatic heterocycles. The lowest BCUT2D eigenvalue weighted by Crippen LogP contribution is -2.68. The summed E-state index contributed by atoms with van der Waals surface area (Å²) < 4.78 is 6.04. The molecule has 4 saturated carbocycles. The highest BCUT2D eigenvalue weighted by molar-refractivity contribution is 5.76. The van der Waals surface area contributed by atoms with Crippen LogP contribution in [0.2, 0.25) is 0 Å². The molecule has 0 aromatic heterocycles. The zero-order valence-corrected chi connectivity index (χ0v) is 21.9. The Morgan fingerprint density at radius 3 is 2.30 bits per heavy atom. The molecule has 5 fully saturated rings. The molecule has 33 heavy (non-hydrogen) atoms. The third-order valence-electron chi connectivity index (χ3n) is 13.4. The minimum absolute atomic E-state index is 0.134. The molecule has 1 heterocycles. The van der Waals surface area contributed by atoms with Gasteiger partial charge >= 0.3 is 5.97 Å². The Morgan fingerprint density at radius 2 is 1.64 bits per heavy atom. The van der Waals surface area contributed by atoms with Gasteiger partial charge in [-0.2, -0.15) is 0 Å². The Labute approximate surface area is 201 Å². The number of rotatable bonds is 1. The molecule has 0 bridgehead atoms. The summed E-state index contributed by atoms with van der Waals surface area (Å²) in [5, 5.41) is 10.5. The number of hydrogen-bond acceptors (Lipinski definition) is 2. The van der Waals surface area contributed by atoms with E-state index in [4.69, 9.17) is 4.74 Å². The minimum atomic E-state index is -0.528. The fourth-order valence-corrected chi connectivity index (χ4v) is 11.1. The fourth-order valence-electron chi connectivity index (χ4n) is 11.1. The number of ether oxygens (including phenoxy) is 1. The second-order valence-electron chi connectivity index (χ2n) is 15.0. The van der Waals surface area contributed by atoms with Crippen LogP contribution in [-0.2, 0) is 9.53 Å². The van der Waals surface area contributed by atoms with E-state index in [-0.39, 0.29) is 22.2 Å². The largest absolute Gasteiger partial charge is 0.481 e. The van der Waals surface area contributed by atoms with Gasteiger partial charge in [0.15, 0.2) is 0 Å². The molecule has 6 aliphatic rings. The second kappa shape index (κ2) is 6.48. The van der Waals surface area contributed by atoms with E-state index in [1.54, 1.807) is 5.57 Å². The maximum Gasteiger partial charge on any atom is 0.310 e. The Balaban J connectivity index is 1.43. The van der Waals surface area contributed by atoms with Crippen LogP contribution in [0.25, 0.3) is 0 Å². The smallest absolute Gasteiger partial charge is 0.310 e. The van der Waals surface area contributed by atoms with E-state index in [1.807, 2.05) is 0 Å². The maximum atomic E-state index is 12.8. The van der Waals surface area contributed by atoms with Crippen LogP contribution in [0.3, 0.4) is 0 Å². The lowest BCUT2D eigenvalue weighted by atomic mass is 9.33. The van der Waals surface area contributed by atoms with Crippen molar-refractivity contribution in [3.63, 3.8) is 0 Å². The third kappa shape index (κ3) is 2.54. The van der Waals surface area contributed by atoms with E-state index < -0.39 is 11.4 Å². The van der Waals surface area contributed by atoms with Crippen molar-refractivity contribution in [3.8, 4) is 0 Å². The molecule has 3 heteroatoms. The lowest BCUT2D eigenvalue weighted by molar-refractivity contribution is -0.286. The molecule has 0 unspecified atom stereocenters. The molecule has 0 radical (unpaired) electrons. The van der Waals surface area contributed by atoms with E-state index in [0.29, 0.717) is 22.9 Å². The molecule has 1 saturated heterocycles. The van der Waals surface area contributed by atoms with Gasteiger partial charge in [-0.1, -0.05) is 53.2 Å². The predicted octanol–water partition coefficient (Wildman–Crippen LogP) is 7.25. The molecule has 3 nitrogen and oxygen atoms in total. The van der Waals surface area contributed by atoms with E-state index in [1.165, 1.54) is 25.7 Å². The monoisotopic (exact) mass is 454 g/mol. The van der Waals surface area contributed by atoms with Crippen LogP contribution in [0.1, 0.15) is 106 Å². The van der Waals surface area contributed by atoms with Crippen molar-refractivity contribution in [2.24, 2.45) is 50.2 Å². The standard InChI is InChI=1S/C30H46O3/c1-25(2)13-15-30(24(31)32)16-14-28(5)19(20(30)17-25)7-8-22-26(3)11-10-23-27(4,18-33-23)21(26)9-12-29(22,28)6/h7,20-23H,8-18H2,1-6H3,(H,31,32)/t20-,21-,22-,23-,26+,27+,28-,29-,30+/m1/s1. The molecule has 6 rings (SSSR count). The molecule has 0 aromatic carbocycles. The molecule has 0 amide bonds. The van der Waals surface area contributed by atoms with Gasteiger partial charge in [-0.05, 0) is 104 Å². The average Bonchev–Trinajstić information content (AvgIpc) is 2.72. The number of carboxylic acids is 1. The summed E-state index contributed by atoms with van der Waals surface area (Å²) >= 11 is 0. The Morgan fingerprint density at radius 1 is 0.909 bits per heavy atom. The Hall–Kier alpha value is -0.830. The van der Waals surface area contributed by atoms with Crippen LogP contribution in [0.4, 0.5) is 0 Å². The van der Waals surface area contributed by atoms with Crippen molar-refractivity contribution in [1.82, 2.24) is 0 Å². The van der Waals surface area contributed by atoms with Crippen LogP contribution in [-0.4, -0.2) is 23.8 Å². The number of hydrogen-bond donors (Lipinski definition) is 1. The molecule has 0 spiro atoms. The van der Waals surface area contributed by atoms with Gasteiger partial charge in [0.05, 0.1) is 18.1 Å². The zero-order valence-electron chi connectivity index (χ0n) is 21.9. The maximum absolute atomic E-state index is 12.8. The Bertz CT molecular complexity index is 920. The molecule has 5 aliphatic carbocycles. The van der Waals surface area contributed by atoms with Crippen molar-refractivity contribution in [1.29, 1.82) is 0 Å². The van der Waals surface area contributed by atoms with Gasteiger partial charge in [0.2, 0.25) is 0 Å². The highest BCUT2D eigenvalue weighted by Crippen LogP contribution is 2.76. The van der Waals surface area contributed by atoms with Crippen LogP contribution in [0.15, 0.2) is 11.6 Å². The van der Waals surface area contributed by atoms with Crippen LogP contribution < -0.4 is 0 Å². The fraction of sp³-hybridized carbons (Fsp3) is 0.900. The first kappa shape index (κ1) is 22.6. The van der Waals surface area contributed by atoms with E-state index in [2.05, 4.69) is 47.6 Å². The highest BCUT2D eigenvalue weighted by Gasteiger charge is 2.70. The van der Waals surface area contributed by atoms with Crippen molar-refractivity contribution >= 4 is 5.97 Å². The number of carboxylic acid groups (broad SMARTS) is 1. The van der Waals surface area contributed by atoms with Crippen molar-refractivity contribution in [2.75, 3.05) is 6.61 Å². The van der Waals surface area contributed by atoms with Gasteiger partial charge in [-0.3, -0.25) is 4.79 Å². The van der Waals surface area contributed by atoms with Gasteiger partial charge in [-0.25, -0.2) is 0 Å². The van der Waals surface area contributed by atoms with Crippen LogP contribution in [0.5, 0.6) is 0 Å². The van der Waals surface area contributed by atoms with Gasteiger partial charge < -0.3 is 9.84 Å². The first-order valence-corrected chi connectivity index (χ1v) is 13.9. The van der Waals surface area contributed by atoms with Gasteiger partial charge in [0, 0.05) is 5.41 Å². The lowest BCUT2D eigenvalue weighted by Gasteiger charge is -2.72. The van der Waals surface area contributed by atoms with E-state index in [0.717, 1.165) is 51.0 Å². The number of aliphatic carboxylic acids is 1. The molecule has 9 atom stereocenters. The predicted molar refractivity (Wildman–Crippen MR) is 131 cm³/mol. The van der Waals surface area contributed by atoms with Crippen LogP contribution in [0, 0.1) is 50.2 Å². The molecule has 0 aromatic rings. The van der Waals surface area contributed by atoms with Crippen molar-refractivity contribution in [2.45, 2.75) is 112 Å². The molecule has 1 N–H and O–H groups in total. The van der Waals surface area contributed by atoms with E-state index in [9.17, 15) is 9.90 Å².